The summed E-state index contributed by atoms with van der Waals surface area (Å²) in [5.41, 5.74) is 6.68. The van der Waals surface area contributed by atoms with Crippen molar-refractivity contribution in [1.82, 2.24) is 9.55 Å². The molecule has 4 rings (SSSR count). The fourth-order valence-corrected chi connectivity index (χ4v) is 3.39. The average molecular weight is 288 g/mol. The molecule has 0 N–H and O–H groups in total. The van der Waals surface area contributed by atoms with Crippen molar-refractivity contribution in [3.8, 4) is 11.4 Å². The molecule has 1 aromatic carbocycles. The molecule has 0 spiro atoms. The van der Waals surface area contributed by atoms with Crippen molar-refractivity contribution in [2.24, 2.45) is 7.05 Å². The lowest BCUT2D eigenvalue weighted by Crippen LogP contribution is -2.04. The monoisotopic (exact) mass is 288 g/mol. The molecule has 0 bridgehead atoms. The van der Waals surface area contributed by atoms with Crippen LogP contribution in [0, 0.1) is 0 Å². The second kappa shape index (κ2) is 5.45. The minimum absolute atomic E-state index is 1.04. The Hall–Kier alpha value is -2.35. The Kier molecular flexibility index (Phi) is 3.30. The van der Waals surface area contributed by atoms with Crippen LogP contribution in [0.2, 0.25) is 0 Å². The summed E-state index contributed by atoms with van der Waals surface area (Å²) < 4.78 is 2.24. The van der Waals surface area contributed by atoms with Crippen molar-refractivity contribution < 1.29 is 0 Å². The van der Waals surface area contributed by atoms with Gasteiger partial charge >= 0.3 is 0 Å². The van der Waals surface area contributed by atoms with E-state index in [1.165, 1.54) is 34.5 Å². The zero-order valence-corrected chi connectivity index (χ0v) is 12.9. The first-order valence-corrected chi connectivity index (χ1v) is 8.00. The van der Waals surface area contributed by atoms with Gasteiger partial charge < -0.3 is 4.57 Å². The van der Waals surface area contributed by atoms with Gasteiger partial charge in [0.1, 0.15) is 5.82 Å². The predicted molar refractivity (Wildman–Crippen MR) is 91.4 cm³/mol. The fourth-order valence-electron chi connectivity index (χ4n) is 3.39. The van der Waals surface area contributed by atoms with Crippen LogP contribution in [-0.2, 0) is 13.5 Å². The van der Waals surface area contributed by atoms with E-state index in [1.807, 2.05) is 6.07 Å². The maximum Gasteiger partial charge on any atom is 0.140 e. The van der Waals surface area contributed by atoms with Crippen LogP contribution in [-0.4, -0.2) is 9.55 Å². The van der Waals surface area contributed by atoms with Crippen molar-refractivity contribution in [3.05, 3.63) is 71.1 Å². The quantitative estimate of drug-likeness (QED) is 0.783. The summed E-state index contributed by atoms with van der Waals surface area (Å²) in [5.74, 6) is 1.07. The van der Waals surface area contributed by atoms with Gasteiger partial charge in [-0.05, 0) is 42.9 Å². The summed E-state index contributed by atoms with van der Waals surface area (Å²) in [4.78, 5) is 4.89. The molecule has 0 aliphatic heterocycles. The van der Waals surface area contributed by atoms with Gasteiger partial charge in [-0.1, -0.05) is 48.6 Å². The summed E-state index contributed by atoms with van der Waals surface area (Å²) in [5, 5.41) is 0. The molecule has 2 aromatic rings. The highest BCUT2D eigenvalue weighted by atomic mass is 15.1. The number of nitrogens with zero attached hydrogens (tertiary/aromatic N) is 2. The number of hydrogen-bond acceptors (Lipinski definition) is 1. The molecule has 2 aliphatic carbocycles. The molecule has 2 heteroatoms. The van der Waals surface area contributed by atoms with Gasteiger partial charge in [0.05, 0.1) is 11.4 Å². The number of rotatable bonds is 2. The van der Waals surface area contributed by atoms with Gasteiger partial charge in [-0.25, -0.2) is 4.98 Å². The van der Waals surface area contributed by atoms with Gasteiger partial charge in [-0.2, -0.15) is 0 Å². The van der Waals surface area contributed by atoms with Gasteiger partial charge in [0, 0.05) is 12.6 Å². The number of benzene rings is 1. The maximum absolute atomic E-state index is 4.89. The van der Waals surface area contributed by atoms with Gasteiger partial charge in [-0.3, -0.25) is 0 Å². The second-order valence-corrected chi connectivity index (χ2v) is 6.02. The van der Waals surface area contributed by atoms with Crippen LogP contribution in [0.3, 0.4) is 0 Å². The molecular formula is C20H20N2. The van der Waals surface area contributed by atoms with E-state index in [0.717, 1.165) is 25.1 Å². The van der Waals surface area contributed by atoms with Crippen LogP contribution in [0.15, 0.2) is 59.7 Å². The number of aromatic nitrogens is 2. The first-order valence-electron chi connectivity index (χ1n) is 8.00. The lowest BCUT2D eigenvalue weighted by Gasteiger charge is -2.17. The lowest BCUT2D eigenvalue weighted by atomic mass is 9.89. The molecule has 2 aliphatic rings. The Labute approximate surface area is 131 Å². The third-order valence-corrected chi connectivity index (χ3v) is 4.62. The molecule has 0 saturated heterocycles. The first-order chi connectivity index (χ1) is 10.8. The molecule has 1 aromatic heterocycles. The minimum Gasteiger partial charge on any atom is -0.327 e. The van der Waals surface area contributed by atoms with E-state index in [-0.39, 0.29) is 0 Å². The number of allylic oxidation sites excluding steroid dienone is 5. The largest absolute Gasteiger partial charge is 0.327 e. The highest BCUT2D eigenvalue weighted by molar-refractivity contribution is 5.66. The average Bonchev–Trinajstić information content (AvgIpc) is 2.93. The van der Waals surface area contributed by atoms with E-state index < -0.39 is 0 Å². The molecular weight excluding hydrogens is 268 g/mol. The van der Waals surface area contributed by atoms with E-state index in [0.29, 0.717) is 0 Å². The summed E-state index contributed by atoms with van der Waals surface area (Å²) in [6.07, 6.45) is 13.5. The molecule has 1 heterocycles. The Balaban J connectivity index is 1.76. The highest BCUT2D eigenvalue weighted by Crippen LogP contribution is 2.33. The Morgan fingerprint density at radius 2 is 1.86 bits per heavy atom. The van der Waals surface area contributed by atoms with Gasteiger partial charge in [-0.15, -0.1) is 0 Å². The number of hydrogen-bond donors (Lipinski definition) is 0. The van der Waals surface area contributed by atoms with Crippen LogP contribution in [0.4, 0.5) is 0 Å². The molecule has 0 radical (unpaired) electrons. The van der Waals surface area contributed by atoms with Crippen molar-refractivity contribution >= 4 is 6.08 Å². The zero-order chi connectivity index (χ0) is 14.9. The van der Waals surface area contributed by atoms with Crippen molar-refractivity contribution in [3.63, 3.8) is 0 Å². The topological polar surface area (TPSA) is 17.8 Å². The highest BCUT2D eigenvalue weighted by Gasteiger charge is 2.20. The predicted octanol–water partition coefficient (Wildman–Crippen LogP) is 4.69. The standard InChI is InChI=1S/C20H20N2/c1-22-19-14-17(15-8-4-2-5-9-15)12-13-18(19)21-20(22)16-10-6-3-7-11-16/h2-4,6-8,10-11,14H,5,9,12-13H2,1H3. The van der Waals surface area contributed by atoms with Crippen LogP contribution in [0.1, 0.15) is 30.7 Å². The summed E-state index contributed by atoms with van der Waals surface area (Å²) in [6.45, 7) is 0. The Bertz CT molecular complexity index is 789. The summed E-state index contributed by atoms with van der Waals surface area (Å²) in [6, 6.07) is 10.5. The van der Waals surface area contributed by atoms with E-state index in [9.17, 15) is 0 Å². The number of fused-ring (bicyclic) bond motifs is 1. The smallest absolute Gasteiger partial charge is 0.140 e. The van der Waals surface area contributed by atoms with E-state index in [1.54, 1.807) is 0 Å². The third kappa shape index (κ3) is 2.25. The van der Waals surface area contributed by atoms with Crippen LogP contribution in [0.25, 0.3) is 17.5 Å². The van der Waals surface area contributed by atoms with Crippen molar-refractivity contribution in [1.29, 1.82) is 0 Å². The SMILES string of the molecule is Cn1c(-c2ccccc2)nc2c1C=C(C1=CC=CCC1)CC2. The van der Waals surface area contributed by atoms with Crippen LogP contribution < -0.4 is 0 Å². The van der Waals surface area contributed by atoms with Crippen LogP contribution in [0.5, 0.6) is 0 Å². The maximum atomic E-state index is 4.89. The van der Waals surface area contributed by atoms with Crippen molar-refractivity contribution in [2.75, 3.05) is 0 Å². The molecule has 110 valence electrons. The van der Waals surface area contributed by atoms with E-state index in [4.69, 9.17) is 4.98 Å². The first kappa shape index (κ1) is 13.3. The molecule has 0 atom stereocenters. The molecule has 0 amide bonds. The molecule has 0 saturated carbocycles. The number of imidazole rings is 1. The lowest BCUT2D eigenvalue weighted by molar-refractivity contribution is 0.849. The van der Waals surface area contributed by atoms with Gasteiger partial charge in [0.25, 0.3) is 0 Å². The summed E-state index contributed by atoms with van der Waals surface area (Å²) in [7, 11) is 2.13. The van der Waals surface area contributed by atoms with Gasteiger partial charge in [0.15, 0.2) is 0 Å². The molecule has 2 nitrogen and oxygen atoms in total. The number of aryl methyl sites for hydroxylation is 1. The Morgan fingerprint density at radius 1 is 1.00 bits per heavy atom. The Morgan fingerprint density at radius 3 is 2.64 bits per heavy atom. The van der Waals surface area contributed by atoms with Crippen molar-refractivity contribution in [2.45, 2.75) is 25.7 Å². The zero-order valence-electron chi connectivity index (χ0n) is 12.9. The normalized spacial score (nSPS) is 17.0. The summed E-state index contributed by atoms with van der Waals surface area (Å²) >= 11 is 0. The molecule has 0 fully saturated rings. The second-order valence-electron chi connectivity index (χ2n) is 6.02. The van der Waals surface area contributed by atoms with Gasteiger partial charge in [0.2, 0.25) is 0 Å². The molecule has 22 heavy (non-hydrogen) atoms. The van der Waals surface area contributed by atoms with E-state index in [2.05, 4.69) is 60.2 Å². The van der Waals surface area contributed by atoms with E-state index >= 15 is 0 Å². The third-order valence-electron chi connectivity index (χ3n) is 4.62. The van der Waals surface area contributed by atoms with Crippen LogP contribution >= 0.6 is 0 Å². The minimum atomic E-state index is 1.04. The molecule has 0 unspecified atom stereocenters. The fraction of sp³-hybridized carbons (Fsp3) is 0.250.